The summed E-state index contributed by atoms with van der Waals surface area (Å²) in [5.41, 5.74) is 3.73. The number of benzene rings is 2. The lowest BCUT2D eigenvalue weighted by atomic mass is 9.45. The lowest BCUT2D eigenvalue weighted by Crippen LogP contribution is -2.53. The van der Waals surface area contributed by atoms with E-state index in [1.54, 1.807) is 0 Å². The van der Waals surface area contributed by atoms with E-state index in [9.17, 15) is 9.90 Å². The van der Waals surface area contributed by atoms with E-state index < -0.39 is 4.84 Å². The van der Waals surface area contributed by atoms with Crippen molar-refractivity contribution < 1.29 is 9.90 Å². The number of carbonyl (C=O) groups excluding carboxylic acids is 1. The summed E-state index contributed by atoms with van der Waals surface area (Å²) >= 11 is 24.3. The van der Waals surface area contributed by atoms with Crippen molar-refractivity contribution in [2.24, 2.45) is 34.5 Å². The molecule has 3 saturated carbocycles. The Morgan fingerprint density at radius 1 is 0.925 bits per heavy atom. The second-order valence-corrected chi connectivity index (χ2v) is 15.0. The van der Waals surface area contributed by atoms with Crippen molar-refractivity contribution in [2.45, 2.75) is 82.6 Å². The SMILES string of the molecule is CC1CC(=O)C=C2CC[C@H]3[C@@H]4CC[C@H](O)[C@@]4(C)CC[C@@H]3[C@]21C.Clc1ccc(C(c2ccccc2Cl)C(Cl)Cl)cc1. The number of alkyl halides is 2. The van der Waals surface area contributed by atoms with E-state index in [4.69, 9.17) is 46.4 Å². The van der Waals surface area contributed by atoms with Crippen LogP contribution in [0.2, 0.25) is 10.0 Å². The van der Waals surface area contributed by atoms with E-state index in [0.717, 1.165) is 42.2 Å². The highest BCUT2D eigenvalue weighted by Crippen LogP contribution is 2.66. The van der Waals surface area contributed by atoms with Crippen LogP contribution in [0.3, 0.4) is 0 Å². The van der Waals surface area contributed by atoms with Crippen LogP contribution >= 0.6 is 46.4 Å². The van der Waals surface area contributed by atoms with Crippen LogP contribution in [0.25, 0.3) is 0 Å². The lowest BCUT2D eigenvalue weighted by Gasteiger charge is -2.59. The molecular weight excluding hydrogens is 582 g/mol. The molecule has 6 rings (SSSR count). The van der Waals surface area contributed by atoms with Gasteiger partial charge in [-0.05, 0) is 108 Å². The van der Waals surface area contributed by atoms with Crippen molar-refractivity contribution in [3.63, 3.8) is 0 Å². The molecule has 2 aromatic carbocycles. The number of aliphatic hydroxyl groups excluding tert-OH is 1. The topological polar surface area (TPSA) is 37.3 Å². The molecule has 0 heterocycles. The van der Waals surface area contributed by atoms with Gasteiger partial charge >= 0.3 is 0 Å². The zero-order chi connectivity index (χ0) is 28.8. The molecule has 0 amide bonds. The molecule has 2 nitrogen and oxygen atoms in total. The molecule has 1 N–H and O–H groups in total. The Morgan fingerprint density at radius 3 is 2.30 bits per heavy atom. The molecule has 4 aliphatic rings. The van der Waals surface area contributed by atoms with Crippen LogP contribution in [0.4, 0.5) is 0 Å². The molecule has 40 heavy (non-hydrogen) atoms. The summed E-state index contributed by atoms with van der Waals surface area (Å²) in [5, 5.41) is 11.8. The van der Waals surface area contributed by atoms with Gasteiger partial charge in [-0.15, -0.1) is 23.2 Å². The summed E-state index contributed by atoms with van der Waals surface area (Å²) in [6.45, 7) is 7.08. The van der Waals surface area contributed by atoms with Gasteiger partial charge in [-0.2, -0.15) is 0 Å². The smallest absolute Gasteiger partial charge is 0.155 e. The molecule has 4 aliphatic carbocycles. The van der Waals surface area contributed by atoms with Crippen molar-refractivity contribution in [1.82, 2.24) is 0 Å². The van der Waals surface area contributed by atoms with Gasteiger partial charge in [0.2, 0.25) is 0 Å². The third-order valence-corrected chi connectivity index (χ3v) is 12.3. The Bertz CT molecular complexity index is 1260. The minimum atomic E-state index is -0.578. The highest BCUT2D eigenvalue weighted by Gasteiger charge is 2.60. The van der Waals surface area contributed by atoms with Crippen molar-refractivity contribution in [3.05, 3.63) is 81.4 Å². The Morgan fingerprint density at radius 2 is 1.62 bits per heavy atom. The van der Waals surface area contributed by atoms with Crippen molar-refractivity contribution >= 4 is 52.2 Å². The first kappa shape index (κ1) is 30.4. The molecule has 2 unspecified atom stereocenters. The predicted octanol–water partition coefficient (Wildman–Crippen LogP) is 10.1. The molecule has 6 heteroatoms. The Hall–Kier alpha value is -1.03. The second-order valence-electron chi connectivity index (χ2n) is 13.0. The standard InChI is InChI=1S/C20H30O2.C14H10Cl4/c1-12-10-14(21)11-13-4-5-15-16-6-7-18(22)19(16,2)9-8-17(15)20(12,13)3;15-10-7-5-9(6-8-10)13(14(17)18)11-3-1-2-4-12(11)16/h11-12,15-18,22H,4-10H2,1-3H3;1-8,13-14H/t12?,15-,16-,17-,18-,19-,20-;/m0./s1. The van der Waals surface area contributed by atoms with Crippen molar-refractivity contribution in [3.8, 4) is 0 Å². The van der Waals surface area contributed by atoms with E-state index >= 15 is 0 Å². The number of aliphatic hydroxyl groups is 1. The maximum Gasteiger partial charge on any atom is 0.155 e. The number of hydrogen-bond acceptors (Lipinski definition) is 2. The van der Waals surface area contributed by atoms with Gasteiger partial charge in [-0.1, -0.05) is 79.9 Å². The third-order valence-electron chi connectivity index (χ3n) is 11.2. The first-order valence-electron chi connectivity index (χ1n) is 14.7. The molecule has 0 bridgehead atoms. The molecule has 0 aliphatic heterocycles. The minimum absolute atomic E-state index is 0.0893. The van der Waals surface area contributed by atoms with Gasteiger partial charge in [0.05, 0.1) is 6.10 Å². The summed E-state index contributed by atoms with van der Waals surface area (Å²) in [7, 11) is 0. The Kier molecular flexibility index (Phi) is 9.07. The summed E-state index contributed by atoms with van der Waals surface area (Å²) in [4.78, 5) is 11.4. The van der Waals surface area contributed by atoms with Gasteiger partial charge in [0.15, 0.2) is 5.78 Å². The van der Waals surface area contributed by atoms with Crippen molar-refractivity contribution in [2.75, 3.05) is 0 Å². The molecule has 0 saturated heterocycles. The molecule has 8 atom stereocenters. The quantitative estimate of drug-likeness (QED) is 0.346. The van der Waals surface area contributed by atoms with Crippen LogP contribution in [0.15, 0.2) is 60.2 Å². The molecule has 0 radical (unpaired) electrons. The highest BCUT2D eigenvalue weighted by molar-refractivity contribution is 6.45. The normalized spacial score (nSPS) is 35.6. The summed E-state index contributed by atoms with van der Waals surface area (Å²) in [5.74, 6) is 2.83. The molecule has 2 aromatic rings. The van der Waals surface area contributed by atoms with Crippen LogP contribution in [0, 0.1) is 34.5 Å². The second kappa shape index (κ2) is 11.9. The van der Waals surface area contributed by atoms with Gasteiger partial charge in [0.25, 0.3) is 0 Å². The number of carbonyl (C=O) groups is 1. The number of fused-ring (bicyclic) bond motifs is 5. The summed E-state index contributed by atoms with van der Waals surface area (Å²) < 4.78 is 0. The van der Waals surface area contributed by atoms with Crippen LogP contribution in [0.5, 0.6) is 0 Å². The average molecular weight is 623 g/mol. The Balaban J connectivity index is 0.000000165. The number of halogens is 4. The number of rotatable bonds is 3. The fourth-order valence-electron chi connectivity index (χ4n) is 8.77. The van der Waals surface area contributed by atoms with Gasteiger partial charge < -0.3 is 5.11 Å². The zero-order valence-corrected chi connectivity index (χ0v) is 26.6. The number of ketones is 1. The molecule has 0 spiro atoms. The van der Waals surface area contributed by atoms with E-state index in [1.165, 1.54) is 31.3 Å². The summed E-state index contributed by atoms with van der Waals surface area (Å²) in [6, 6.07) is 15.0. The number of hydrogen-bond donors (Lipinski definition) is 1. The Labute approximate surface area is 259 Å². The van der Waals surface area contributed by atoms with Gasteiger partial charge in [0, 0.05) is 22.4 Å². The predicted molar refractivity (Wildman–Crippen MR) is 168 cm³/mol. The fourth-order valence-corrected chi connectivity index (χ4v) is 9.71. The van der Waals surface area contributed by atoms with Gasteiger partial charge in [0.1, 0.15) is 4.84 Å². The van der Waals surface area contributed by atoms with E-state index in [1.807, 2.05) is 54.6 Å². The first-order chi connectivity index (χ1) is 19.0. The molecule has 3 fully saturated rings. The van der Waals surface area contributed by atoms with E-state index in [-0.39, 0.29) is 22.9 Å². The largest absolute Gasteiger partial charge is 0.393 e. The lowest BCUT2D eigenvalue weighted by molar-refractivity contribution is -0.121. The van der Waals surface area contributed by atoms with Crippen LogP contribution in [-0.2, 0) is 4.79 Å². The third kappa shape index (κ3) is 5.42. The molecule has 216 valence electrons. The maximum absolute atomic E-state index is 12.0. The van der Waals surface area contributed by atoms with Crippen LogP contribution in [-0.4, -0.2) is 21.8 Å². The zero-order valence-electron chi connectivity index (χ0n) is 23.6. The van der Waals surface area contributed by atoms with E-state index in [0.29, 0.717) is 27.7 Å². The van der Waals surface area contributed by atoms with Gasteiger partial charge in [-0.25, -0.2) is 0 Å². The highest BCUT2D eigenvalue weighted by atomic mass is 35.5. The first-order valence-corrected chi connectivity index (χ1v) is 16.3. The van der Waals surface area contributed by atoms with Gasteiger partial charge in [-0.3, -0.25) is 4.79 Å². The number of allylic oxidation sites excluding steroid dienone is 1. The van der Waals surface area contributed by atoms with Crippen molar-refractivity contribution in [1.29, 1.82) is 0 Å². The monoisotopic (exact) mass is 620 g/mol. The summed E-state index contributed by atoms with van der Waals surface area (Å²) in [6.07, 6.45) is 9.59. The molecule has 0 aromatic heterocycles. The van der Waals surface area contributed by atoms with Crippen LogP contribution < -0.4 is 0 Å². The maximum atomic E-state index is 12.0. The molecular formula is C34H40Cl4O2. The van der Waals surface area contributed by atoms with E-state index in [2.05, 4.69) is 20.8 Å². The van der Waals surface area contributed by atoms with Crippen LogP contribution in [0.1, 0.15) is 82.8 Å². The average Bonchev–Trinajstić information content (AvgIpc) is 3.22. The fraction of sp³-hybridized carbons (Fsp3) is 0.559. The minimum Gasteiger partial charge on any atom is -0.393 e.